The summed E-state index contributed by atoms with van der Waals surface area (Å²) in [6, 6.07) is 17.3. The molecule has 2 aromatic rings. The summed E-state index contributed by atoms with van der Waals surface area (Å²) in [6.07, 6.45) is 2.39. The van der Waals surface area contributed by atoms with E-state index in [1.54, 1.807) is 6.08 Å². The van der Waals surface area contributed by atoms with Crippen LogP contribution < -0.4 is 4.74 Å². The van der Waals surface area contributed by atoms with E-state index in [0.29, 0.717) is 17.5 Å². The first-order valence-electron chi connectivity index (χ1n) is 8.90. The summed E-state index contributed by atoms with van der Waals surface area (Å²) in [6.45, 7) is 2.44. The molecule has 0 aliphatic carbocycles. The lowest BCUT2D eigenvalue weighted by Crippen LogP contribution is -2.35. The van der Waals surface area contributed by atoms with Gasteiger partial charge in [0, 0.05) is 0 Å². The third-order valence-electron chi connectivity index (χ3n) is 4.22. The van der Waals surface area contributed by atoms with Crippen molar-refractivity contribution in [1.29, 1.82) is 5.41 Å². The van der Waals surface area contributed by atoms with Crippen LogP contribution in [0, 0.1) is 5.41 Å². The highest BCUT2D eigenvalue weighted by atomic mass is 32.2. The number of amides is 1. The number of rotatable bonds is 5. The number of nitrogens with zero attached hydrogens (tertiary/aromatic N) is 3. The maximum Gasteiger partial charge on any atom is 0.283 e. The van der Waals surface area contributed by atoms with Gasteiger partial charge >= 0.3 is 0 Å². The molecule has 1 amide bonds. The number of hydrazone groups is 1. The summed E-state index contributed by atoms with van der Waals surface area (Å²) in [5.74, 6) is 0.314. The van der Waals surface area contributed by atoms with Crippen LogP contribution in [0.2, 0.25) is 0 Å². The molecule has 0 atom stereocenters. The summed E-state index contributed by atoms with van der Waals surface area (Å²) < 4.78 is 5.84. The number of thioether (sulfide) groups is 1. The van der Waals surface area contributed by atoms with Gasteiger partial charge < -0.3 is 4.74 Å². The molecular formula is C21H18N4O2S. The number of ether oxygens (including phenoxy) is 1. The molecule has 1 N–H and O–H groups in total. The predicted molar refractivity (Wildman–Crippen MR) is 113 cm³/mol. The standard InChI is InChI=1S/C21H18N4O2S/c1-2-18-24-25-19(22)17(20(26)23-21(25)28-18)12-15-9-6-10-16(11-15)27-13-14-7-4-3-5-8-14/h3-12,22H,2,13H2,1H3/b17-12-,22-19?. The molecule has 0 bridgehead atoms. The molecule has 2 aliphatic heterocycles. The van der Waals surface area contributed by atoms with Crippen molar-refractivity contribution in [2.24, 2.45) is 10.1 Å². The molecule has 0 saturated heterocycles. The van der Waals surface area contributed by atoms with E-state index in [-0.39, 0.29) is 11.4 Å². The number of carbonyl (C=O) groups excluding carboxylic acids is 1. The maximum atomic E-state index is 12.4. The van der Waals surface area contributed by atoms with Crippen molar-refractivity contribution in [3.05, 3.63) is 71.3 Å². The Morgan fingerprint density at radius 3 is 2.79 bits per heavy atom. The summed E-state index contributed by atoms with van der Waals surface area (Å²) >= 11 is 1.33. The van der Waals surface area contributed by atoms with Crippen molar-refractivity contribution in [3.63, 3.8) is 0 Å². The summed E-state index contributed by atoms with van der Waals surface area (Å²) in [4.78, 5) is 16.5. The van der Waals surface area contributed by atoms with E-state index in [1.807, 2.05) is 61.5 Å². The van der Waals surface area contributed by atoms with Gasteiger partial charge in [-0.05, 0) is 47.5 Å². The molecule has 0 spiro atoms. The van der Waals surface area contributed by atoms with E-state index in [2.05, 4.69) is 10.1 Å². The van der Waals surface area contributed by atoms with Gasteiger partial charge in [-0.3, -0.25) is 10.2 Å². The molecule has 6 nitrogen and oxygen atoms in total. The summed E-state index contributed by atoms with van der Waals surface area (Å²) in [5, 5.41) is 15.4. The Bertz CT molecular complexity index is 1030. The highest BCUT2D eigenvalue weighted by Gasteiger charge is 2.35. The first-order chi connectivity index (χ1) is 13.6. The number of nitrogens with one attached hydrogen (secondary N) is 1. The summed E-state index contributed by atoms with van der Waals surface area (Å²) in [5.41, 5.74) is 2.06. The molecule has 2 heterocycles. The average molecular weight is 390 g/mol. The Balaban J connectivity index is 1.55. The van der Waals surface area contributed by atoms with Crippen molar-refractivity contribution in [3.8, 4) is 5.75 Å². The second-order valence-corrected chi connectivity index (χ2v) is 7.25. The maximum absolute atomic E-state index is 12.4. The van der Waals surface area contributed by atoms with E-state index < -0.39 is 5.91 Å². The lowest BCUT2D eigenvalue weighted by Gasteiger charge is -2.20. The van der Waals surface area contributed by atoms with Gasteiger partial charge in [0.2, 0.25) is 5.17 Å². The van der Waals surface area contributed by atoms with Crippen LogP contribution in [0.4, 0.5) is 0 Å². The minimum absolute atomic E-state index is 0.0431. The monoisotopic (exact) mass is 390 g/mol. The number of hydrogen-bond acceptors (Lipinski definition) is 5. The Hall–Kier alpha value is -3.19. The molecule has 0 fully saturated rings. The molecule has 0 aromatic heterocycles. The molecule has 0 radical (unpaired) electrons. The zero-order chi connectivity index (χ0) is 19.5. The molecule has 0 saturated carbocycles. The number of amidine groups is 2. The van der Waals surface area contributed by atoms with E-state index in [1.165, 1.54) is 16.8 Å². The van der Waals surface area contributed by atoms with Crippen molar-refractivity contribution in [2.45, 2.75) is 20.0 Å². The van der Waals surface area contributed by atoms with Gasteiger partial charge in [-0.15, -0.1) is 0 Å². The molecule has 140 valence electrons. The SMILES string of the molecule is CCC1=NN2C(=N)/C(=C/c3cccc(OCc4ccccc4)c3)C(=O)N=C2S1. The van der Waals surface area contributed by atoms with Crippen LogP contribution in [0.25, 0.3) is 6.08 Å². The van der Waals surface area contributed by atoms with Crippen LogP contribution in [0.3, 0.4) is 0 Å². The molecule has 28 heavy (non-hydrogen) atoms. The third-order valence-corrected chi connectivity index (χ3v) is 5.27. The second-order valence-electron chi connectivity index (χ2n) is 6.21. The van der Waals surface area contributed by atoms with Crippen LogP contribution in [0.1, 0.15) is 24.5 Å². The number of carbonyl (C=O) groups is 1. The Labute approximate surface area is 167 Å². The lowest BCUT2D eigenvalue weighted by atomic mass is 10.1. The minimum atomic E-state index is -0.424. The third kappa shape index (κ3) is 3.75. The highest BCUT2D eigenvalue weighted by Crippen LogP contribution is 2.29. The second kappa shape index (κ2) is 7.82. The van der Waals surface area contributed by atoms with Crippen molar-refractivity contribution in [1.82, 2.24) is 5.01 Å². The first-order valence-corrected chi connectivity index (χ1v) is 9.71. The quantitative estimate of drug-likeness (QED) is 0.773. The number of hydrogen-bond donors (Lipinski definition) is 1. The fourth-order valence-electron chi connectivity index (χ4n) is 2.78. The fourth-order valence-corrected chi connectivity index (χ4v) is 3.60. The van der Waals surface area contributed by atoms with Gasteiger partial charge in [-0.2, -0.15) is 15.1 Å². The first kappa shape index (κ1) is 18.2. The Kier molecular flexibility index (Phi) is 5.08. The summed E-state index contributed by atoms with van der Waals surface area (Å²) in [7, 11) is 0. The average Bonchev–Trinajstić information content (AvgIpc) is 3.14. The molecule has 4 rings (SSSR count). The van der Waals surface area contributed by atoms with Gasteiger partial charge in [0.15, 0.2) is 5.84 Å². The van der Waals surface area contributed by atoms with Crippen molar-refractivity contribution >= 4 is 39.8 Å². The van der Waals surface area contributed by atoms with Gasteiger partial charge in [0.1, 0.15) is 17.4 Å². The lowest BCUT2D eigenvalue weighted by molar-refractivity contribution is -0.114. The topological polar surface area (TPSA) is 78.1 Å². The largest absolute Gasteiger partial charge is 0.489 e. The van der Waals surface area contributed by atoms with Gasteiger partial charge in [0.05, 0.1) is 5.57 Å². The van der Waals surface area contributed by atoms with Crippen LogP contribution in [-0.2, 0) is 11.4 Å². The smallest absolute Gasteiger partial charge is 0.283 e. The van der Waals surface area contributed by atoms with Gasteiger partial charge in [-0.1, -0.05) is 49.4 Å². The van der Waals surface area contributed by atoms with E-state index in [0.717, 1.165) is 22.6 Å². The van der Waals surface area contributed by atoms with E-state index in [4.69, 9.17) is 10.1 Å². The Morgan fingerprint density at radius 2 is 2.00 bits per heavy atom. The van der Waals surface area contributed by atoms with Gasteiger partial charge in [0.25, 0.3) is 5.91 Å². The fraction of sp³-hybridized carbons (Fsp3) is 0.143. The van der Waals surface area contributed by atoms with Crippen LogP contribution in [0.15, 0.2) is 70.3 Å². The molecule has 7 heteroatoms. The predicted octanol–water partition coefficient (Wildman–Crippen LogP) is 4.29. The van der Waals surface area contributed by atoms with Crippen LogP contribution >= 0.6 is 11.8 Å². The minimum Gasteiger partial charge on any atom is -0.489 e. The molecular weight excluding hydrogens is 372 g/mol. The van der Waals surface area contributed by atoms with Crippen LogP contribution in [-0.4, -0.2) is 27.0 Å². The number of aliphatic imine (C=N–C) groups is 1. The molecule has 2 aromatic carbocycles. The van der Waals surface area contributed by atoms with Crippen molar-refractivity contribution in [2.75, 3.05) is 0 Å². The van der Waals surface area contributed by atoms with Gasteiger partial charge in [-0.25, -0.2) is 0 Å². The number of fused-ring (bicyclic) bond motifs is 1. The zero-order valence-electron chi connectivity index (χ0n) is 15.3. The molecule has 0 unspecified atom stereocenters. The van der Waals surface area contributed by atoms with Crippen molar-refractivity contribution < 1.29 is 9.53 Å². The zero-order valence-corrected chi connectivity index (χ0v) is 16.1. The van der Waals surface area contributed by atoms with Crippen LogP contribution in [0.5, 0.6) is 5.75 Å². The normalized spacial score (nSPS) is 17.5. The van der Waals surface area contributed by atoms with E-state index >= 15 is 0 Å². The molecule has 2 aliphatic rings. The Morgan fingerprint density at radius 1 is 1.18 bits per heavy atom. The highest BCUT2D eigenvalue weighted by molar-refractivity contribution is 8.26. The van der Waals surface area contributed by atoms with E-state index in [9.17, 15) is 4.79 Å². The number of benzene rings is 2.